The molecule has 0 N–H and O–H groups in total. The third-order valence-corrected chi connectivity index (χ3v) is 6.92. The van der Waals surface area contributed by atoms with Crippen molar-refractivity contribution in [3.05, 3.63) is 46.4 Å². The first-order valence-corrected chi connectivity index (χ1v) is 11.0. The van der Waals surface area contributed by atoms with Crippen LogP contribution in [0, 0.1) is 0 Å². The van der Waals surface area contributed by atoms with Crippen molar-refractivity contribution in [2.75, 3.05) is 20.8 Å². The molecular formula is C22H25N5O2S. The maximum atomic E-state index is 5.42. The lowest BCUT2D eigenvalue weighted by Crippen LogP contribution is -2.35. The van der Waals surface area contributed by atoms with Crippen LogP contribution < -0.4 is 9.47 Å². The summed E-state index contributed by atoms with van der Waals surface area (Å²) >= 11 is 1.79. The van der Waals surface area contributed by atoms with E-state index < -0.39 is 0 Å². The van der Waals surface area contributed by atoms with Crippen LogP contribution in [-0.4, -0.2) is 51.3 Å². The van der Waals surface area contributed by atoms with Crippen LogP contribution in [0.2, 0.25) is 0 Å². The van der Waals surface area contributed by atoms with Gasteiger partial charge in [-0.1, -0.05) is 6.07 Å². The molecule has 8 heteroatoms. The van der Waals surface area contributed by atoms with E-state index in [4.69, 9.17) is 19.6 Å². The van der Waals surface area contributed by atoms with Crippen LogP contribution in [0.3, 0.4) is 0 Å². The summed E-state index contributed by atoms with van der Waals surface area (Å²) in [7, 11) is 3.29. The van der Waals surface area contributed by atoms with E-state index in [-0.39, 0.29) is 0 Å². The second-order valence-corrected chi connectivity index (χ2v) is 8.99. The largest absolute Gasteiger partial charge is 0.493 e. The van der Waals surface area contributed by atoms with Gasteiger partial charge in [0.15, 0.2) is 23.0 Å². The third-order valence-electron chi connectivity index (χ3n) is 5.79. The Morgan fingerprint density at radius 1 is 1.17 bits per heavy atom. The molecule has 4 aromatic rings. The van der Waals surface area contributed by atoms with E-state index >= 15 is 0 Å². The van der Waals surface area contributed by atoms with Gasteiger partial charge in [-0.05, 0) is 43.5 Å². The molecule has 30 heavy (non-hydrogen) atoms. The summed E-state index contributed by atoms with van der Waals surface area (Å²) < 4.78 is 12.6. The van der Waals surface area contributed by atoms with Gasteiger partial charge in [-0.3, -0.25) is 4.90 Å². The summed E-state index contributed by atoms with van der Waals surface area (Å²) in [5, 5.41) is 5.87. The average molecular weight is 424 g/mol. The van der Waals surface area contributed by atoms with Gasteiger partial charge in [0.25, 0.3) is 0 Å². The molecule has 4 heterocycles. The minimum atomic E-state index is 0.553. The first-order valence-electron chi connectivity index (χ1n) is 10.2. The minimum absolute atomic E-state index is 0.553. The highest BCUT2D eigenvalue weighted by atomic mass is 32.1. The smallest absolute Gasteiger partial charge is 0.167 e. The van der Waals surface area contributed by atoms with Crippen LogP contribution in [0.15, 0.2) is 24.5 Å². The number of methoxy groups -OCH3 is 2. The Labute approximate surface area is 179 Å². The van der Waals surface area contributed by atoms with Gasteiger partial charge in [-0.2, -0.15) is 0 Å². The van der Waals surface area contributed by atoms with Crippen molar-refractivity contribution in [2.45, 2.75) is 39.3 Å². The molecule has 156 valence electrons. The number of hydrogen-bond acceptors (Lipinski definition) is 7. The zero-order valence-corrected chi connectivity index (χ0v) is 18.5. The Balaban J connectivity index is 1.53. The molecule has 1 aliphatic heterocycles. The van der Waals surface area contributed by atoms with Crippen LogP contribution in [0.4, 0.5) is 0 Å². The zero-order valence-electron chi connectivity index (χ0n) is 17.7. The lowest BCUT2D eigenvalue weighted by molar-refractivity contribution is 0.206. The molecule has 5 rings (SSSR count). The van der Waals surface area contributed by atoms with Gasteiger partial charge in [0, 0.05) is 30.4 Å². The van der Waals surface area contributed by atoms with Crippen molar-refractivity contribution in [1.29, 1.82) is 0 Å². The number of fused-ring (bicyclic) bond motifs is 5. The van der Waals surface area contributed by atoms with Gasteiger partial charge < -0.3 is 9.47 Å². The Hall–Kier alpha value is -2.71. The fourth-order valence-electron chi connectivity index (χ4n) is 4.14. The average Bonchev–Trinajstić information content (AvgIpc) is 3.33. The normalized spacial score (nSPS) is 14.6. The highest BCUT2D eigenvalue weighted by Crippen LogP contribution is 2.36. The van der Waals surface area contributed by atoms with Crippen molar-refractivity contribution >= 4 is 27.2 Å². The van der Waals surface area contributed by atoms with Crippen LogP contribution in [0.5, 0.6) is 11.5 Å². The number of aromatic nitrogens is 4. The fourth-order valence-corrected chi connectivity index (χ4v) is 5.35. The van der Waals surface area contributed by atoms with Crippen molar-refractivity contribution in [3.63, 3.8) is 0 Å². The zero-order chi connectivity index (χ0) is 20.8. The van der Waals surface area contributed by atoms with Crippen molar-refractivity contribution in [3.8, 4) is 11.5 Å². The number of thiophene rings is 1. The third kappa shape index (κ3) is 3.20. The van der Waals surface area contributed by atoms with E-state index in [0.29, 0.717) is 18.2 Å². The number of ether oxygens (including phenoxy) is 2. The van der Waals surface area contributed by atoms with Gasteiger partial charge in [0.05, 0.1) is 19.6 Å². The van der Waals surface area contributed by atoms with Gasteiger partial charge in [0.2, 0.25) is 0 Å². The van der Waals surface area contributed by atoms with Gasteiger partial charge >= 0.3 is 0 Å². The monoisotopic (exact) mass is 423 g/mol. The Morgan fingerprint density at radius 2 is 2.00 bits per heavy atom. The molecule has 0 unspecified atom stereocenters. The molecule has 0 atom stereocenters. The van der Waals surface area contributed by atoms with Crippen molar-refractivity contribution < 1.29 is 9.47 Å². The summed E-state index contributed by atoms with van der Waals surface area (Å²) in [6, 6.07) is 6.47. The van der Waals surface area contributed by atoms with Crippen molar-refractivity contribution in [2.24, 2.45) is 0 Å². The van der Waals surface area contributed by atoms with Crippen molar-refractivity contribution in [1.82, 2.24) is 24.5 Å². The molecule has 3 aromatic heterocycles. The Kier molecular flexibility index (Phi) is 4.83. The van der Waals surface area contributed by atoms with Crippen LogP contribution in [-0.2, 0) is 19.4 Å². The van der Waals surface area contributed by atoms with E-state index in [1.54, 1.807) is 31.9 Å². The van der Waals surface area contributed by atoms with Gasteiger partial charge in [-0.25, -0.2) is 14.5 Å². The lowest BCUT2D eigenvalue weighted by atomic mass is 10.0. The first kappa shape index (κ1) is 19.3. The highest BCUT2D eigenvalue weighted by Gasteiger charge is 2.25. The Bertz CT molecular complexity index is 1230. The Morgan fingerprint density at radius 3 is 2.77 bits per heavy atom. The van der Waals surface area contributed by atoms with E-state index in [1.165, 1.54) is 15.8 Å². The second-order valence-electron chi connectivity index (χ2n) is 7.91. The number of rotatable bonds is 5. The molecule has 0 saturated heterocycles. The summed E-state index contributed by atoms with van der Waals surface area (Å²) in [4.78, 5) is 14.6. The lowest BCUT2D eigenvalue weighted by Gasteiger charge is -2.30. The van der Waals surface area contributed by atoms with Crippen LogP contribution in [0.25, 0.3) is 15.9 Å². The summed E-state index contributed by atoms with van der Waals surface area (Å²) in [6.07, 6.45) is 3.44. The van der Waals surface area contributed by atoms with E-state index in [0.717, 1.165) is 47.1 Å². The van der Waals surface area contributed by atoms with E-state index in [2.05, 4.69) is 23.7 Å². The number of benzene rings is 1. The van der Waals surface area contributed by atoms with Crippen LogP contribution >= 0.6 is 11.3 Å². The molecular weight excluding hydrogens is 398 g/mol. The fraction of sp³-hybridized carbons (Fsp3) is 0.409. The predicted octanol–water partition coefficient (Wildman–Crippen LogP) is 3.71. The molecule has 0 spiro atoms. The summed E-state index contributed by atoms with van der Waals surface area (Å²) in [5.41, 5.74) is 3.38. The SMILES string of the molecule is COc1ccc(Cc2nc3c4c5c(sc4ncn3n2)CN(C(C)C)CC5)cc1OC. The molecule has 0 bridgehead atoms. The molecule has 1 aliphatic rings. The molecule has 0 amide bonds. The minimum Gasteiger partial charge on any atom is -0.493 e. The van der Waals surface area contributed by atoms with E-state index in [1.807, 2.05) is 22.7 Å². The molecule has 1 aromatic carbocycles. The first-order chi connectivity index (χ1) is 14.6. The molecule has 7 nitrogen and oxygen atoms in total. The maximum Gasteiger partial charge on any atom is 0.167 e. The highest BCUT2D eigenvalue weighted by molar-refractivity contribution is 7.19. The van der Waals surface area contributed by atoms with E-state index in [9.17, 15) is 0 Å². The maximum absolute atomic E-state index is 5.42. The van der Waals surface area contributed by atoms with Gasteiger partial charge in [0.1, 0.15) is 11.2 Å². The molecule has 0 radical (unpaired) electrons. The predicted molar refractivity (Wildman–Crippen MR) is 118 cm³/mol. The molecule has 0 fully saturated rings. The quantitative estimate of drug-likeness (QED) is 0.488. The standard InChI is InChI=1S/C22H25N5O2S/c1-13(2)26-8-7-15-18(11-26)30-22-20(15)21-24-19(25-27(21)12-23-22)10-14-5-6-16(28-3)17(9-14)29-4/h5-6,9,12-13H,7-8,10-11H2,1-4H3. The topological polar surface area (TPSA) is 64.8 Å². The number of nitrogens with zero attached hydrogens (tertiary/aromatic N) is 5. The summed E-state index contributed by atoms with van der Waals surface area (Å²) in [5.74, 6) is 2.20. The van der Waals surface area contributed by atoms with Gasteiger partial charge in [-0.15, -0.1) is 16.4 Å². The summed E-state index contributed by atoms with van der Waals surface area (Å²) in [6.45, 7) is 6.58. The second kappa shape index (κ2) is 7.52. The molecule has 0 aliphatic carbocycles. The van der Waals surface area contributed by atoms with Crippen LogP contribution in [0.1, 0.15) is 35.7 Å². The number of hydrogen-bond donors (Lipinski definition) is 0. The molecule has 0 saturated carbocycles.